The van der Waals surface area contributed by atoms with Gasteiger partial charge in [0.25, 0.3) is 0 Å². The summed E-state index contributed by atoms with van der Waals surface area (Å²) in [5, 5.41) is 0.595. The smallest absolute Gasteiger partial charge is 0.0869 e. The molecule has 2 atom stereocenters. The minimum Gasteiger partial charge on any atom is -1.00 e. The molecule has 214 valence electrons. The molecule has 0 aliphatic heterocycles. The molecule has 0 aromatic heterocycles. The summed E-state index contributed by atoms with van der Waals surface area (Å²) in [7, 11) is 1.33. The number of hydrogen-bond acceptors (Lipinski definition) is 0. The predicted octanol–water partition coefficient (Wildman–Crippen LogP) is 7.01. The van der Waals surface area contributed by atoms with Crippen LogP contribution in [0.1, 0.15) is 178 Å². The van der Waals surface area contributed by atoms with Crippen molar-refractivity contribution in [1.82, 2.24) is 0 Å². The number of quaternary nitrogens is 1. The molecule has 0 amide bonds. The van der Waals surface area contributed by atoms with E-state index in [2.05, 4.69) is 62.3 Å². The van der Waals surface area contributed by atoms with E-state index in [9.17, 15) is 0 Å². The summed E-state index contributed by atoms with van der Waals surface area (Å²) in [6.07, 6.45) is 26.3. The largest absolute Gasteiger partial charge is 1.00 e. The van der Waals surface area contributed by atoms with Gasteiger partial charge in [-0.3, -0.25) is 0 Å². The summed E-state index contributed by atoms with van der Waals surface area (Å²) >= 11 is 0. The van der Waals surface area contributed by atoms with Gasteiger partial charge < -0.3 is 21.5 Å². The maximum Gasteiger partial charge on any atom is 0.0869 e. The zero-order valence-electron chi connectivity index (χ0n) is 26.4. The molecule has 0 N–H and O–H groups in total. The zero-order chi connectivity index (χ0) is 26.0. The Morgan fingerprint density at radius 1 is 0.543 bits per heavy atom. The molecule has 0 aliphatic rings. The van der Waals surface area contributed by atoms with Crippen LogP contribution in [0, 0.1) is 0 Å². The van der Waals surface area contributed by atoms with Crippen molar-refractivity contribution in [2.75, 3.05) is 0 Å². The first kappa shape index (κ1) is 37.8. The lowest BCUT2D eigenvalue weighted by molar-refractivity contribution is -1.00. The third-order valence-electron chi connectivity index (χ3n) is 9.00. The van der Waals surface area contributed by atoms with Crippen LogP contribution in [0.15, 0.2) is 0 Å². The summed E-state index contributed by atoms with van der Waals surface area (Å²) in [6.45, 7) is 22.2. The van der Waals surface area contributed by atoms with E-state index in [1.165, 1.54) is 130 Å². The molecule has 0 bridgehead atoms. The molecule has 0 aliphatic carbocycles. The van der Waals surface area contributed by atoms with Gasteiger partial charge >= 0.3 is 0 Å². The van der Waals surface area contributed by atoms with Gasteiger partial charge in [0.15, 0.2) is 0 Å². The molecule has 3 heteroatoms. The van der Waals surface area contributed by atoms with Crippen LogP contribution >= 0.6 is 0 Å². The summed E-state index contributed by atoms with van der Waals surface area (Å²) in [5.74, 6) is 0. The Balaban J connectivity index is 0. The van der Waals surface area contributed by atoms with E-state index in [-0.39, 0.29) is 17.0 Å². The second-order valence-corrected chi connectivity index (χ2v) is 15.9. The van der Waals surface area contributed by atoms with Crippen molar-refractivity contribution in [3.63, 3.8) is 0 Å². The Bertz CT molecular complexity index is 439. The molecule has 0 aromatic rings. The average molecular weight is 577 g/mol. The normalized spacial score (nSPS) is 15.1. The van der Waals surface area contributed by atoms with Crippen LogP contribution in [0.5, 0.6) is 0 Å². The SMILES string of the molecule is CCCCCCCCCCCCCCCCCCC(C)([SiH3])CC(C)[N+](C(C)C)(C(C)C)C(C)C.[Br-]. The molecule has 1 nitrogen and oxygen atoms in total. The molecule has 0 rings (SSSR count). The molecule has 0 aromatic carbocycles. The molecular weight excluding hydrogens is 506 g/mol. The highest BCUT2D eigenvalue weighted by molar-refractivity contribution is 6.14. The van der Waals surface area contributed by atoms with Crippen LogP contribution in [0.3, 0.4) is 0 Å². The third kappa shape index (κ3) is 15.6. The van der Waals surface area contributed by atoms with Gasteiger partial charge in [0.2, 0.25) is 0 Å². The number of unbranched alkanes of at least 4 members (excludes halogenated alkanes) is 15. The molecule has 0 saturated carbocycles. The maximum atomic E-state index is 2.59. The fourth-order valence-electron chi connectivity index (χ4n) is 7.53. The number of rotatable bonds is 23. The maximum absolute atomic E-state index is 2.59. The standard InChI is InChI=1S/C32H70NSi.BrH/c1-10-11-12-13-14-15-16-17-18-19-20-21-22-23-24-25-26-32(9,34)27-31(8)33(28(2)3,29(4)5)30(6)7;/h28-31H,10-27H2,1-9,34H3;1H/q+1;/p-1. The van der Waals surface area contributed by atoms with Crippen molar-refractivity contribution in [3.05, 3.63) is 0 Å². The van der Waals surface area contributed by atoms with E-state index in [1.807, 2.05) is 0 Å². The van der Waals surface area contributed by atoms with Gasteiger partial charge in [0, 0.05) is 16.7 Å². The molecule has 0 spiro atoms. The van der Waals surface area contributed by atoms with Gasteiger partial charge in [-0.1, -0.05) is 123 Å². The second-order valence-electron chi connectivity index (χ2n) is 13.4. The summed E-state index contributed by atoms with van der Waals surface area (Å²) in [5.41, 5.74) is 0. The molecule has 0 fully saturated rings. The van der Waals surface area contributed by atoms with Crippen molar-refractivity contribution in [3.8, 4) is 0 Å². The average Bonchev–Trinajstić information content (AvgIpc) is 2.72. The van der Waals surface area contributed by atoms with Gasteiger partial charge in [-0.2, -0.15) is 0 Å². The molecule has 0 saturated heterocycles. The molecule has 35 heavy (non-hydrogen) atoms. The van der Waals surface area contributed by atoms with E-state index in [0.29, 0.717) is 23.2 Å². The van der Waals surface area contributed by atoms with Gasteiger partial charge in [-0.15, -0.1) is 0 Å². The van der Waals surface area contributed by atoms with E-state index in [1.54, 1.807) is 0 Å². The summed E-state index contributed by atoms with van der Waals surface area (Å²) < 4.78 is 1.27. The molecular formula is C32H70BrNSi. The monoisotopic (exact) mass is 575 g/mol. The van der Waals surface area contributed by atoms with Crippen molar-refractivity contribution in [1.29, 1.82) is 0 Å². The zero-order valence-corrected chi connectivity index (χ0v) is 29.9. The van der Waals surface area contributed by atoms with Gasteiger partial charge in [0.1, 0.15) is 0 Å². The highest BCUT2D eigenvalue weighted by Crippen LogP contribution is 2.40. The third-order valence-corrected chi connectivity index (χ3v) is 9.91. The first-order chi connectivity index (χ1) is 16.0. The molecule has 0 heterocycles. The van der Waals surface area contributed by atoms with E-state index in [4.69, 9.17) is 0 Å². The van der Waals surface area contributed by atoms with E-state index >= 15 is 0 Å². The van der Waals surface area contributed by atoms with Crippen LogP contribution in [0.2, 0.25) is 5.04 Å². The highest BCUT2D eigenvalue weighted by atomic mass is 79.9. The van der Waals surface area contributed by atoms with Crippen molar-refractivity contribution >= 4 is 10.2 Å². The Morgan fingerprint density at radius 3 is 1.11 bits per heavy atom. The van der Waals surface area contributed by atoms with Crippen LogP contribution < -0.4 is 17.0 Å². The van der Waals surface area contributed by atoms with Crippen LogP contribution in [0.4, 0.5) is 0 Å². The minimum atomic E-state index is 0. The van der Waals surface area contributed by atoms with Gasteiger partial charge in [-0.25, -0.2) is 0 Å². The van der Waals surface area contributed by atoms with Crippen molar-refractivity contribution < 1.29 is 21.5 Å². The Labute approximate surface area is 238 Å². The van der Waals surface area contributed by atoms with Crippen molar-refractivity contribution in [2.45, 2.75) is 207 Å². The molecule has 2 unspecified atom stereocenters. The summed E-state index contributed by atoms with van der Waals surface area (Å²) in [4.78, 5) is 0. The number of nitrogens with zero attached hydrogens (tertiary/aromatic N) is 1. The fourth-order valence-corrected chi connectivity index (χ4v) is 8.47. The van der Waals surface area contributed by atoms with Gasteiger partial charge in [0.05, 0.1) is 24.2 Å². The highest BCUT2D eigenvalue weighted by Gasteiger charge is 2.44. The number of hydrogen-bond donors (Lipinski definition) is 0. The first-order valence-corrected chi connectivity index (χ1v) is 16.9. The van der Waals surface area contributed by atoms with Crippen LogP contribution in [0.25, 0.3) is 0 Å². The quantitative estimate of drug-likeness (QED) is 0.0698. The summed E-state index contributed by atoms with van der Waals surface area (Å²) in [6, 6.07) is 2.85. The fraction of sp³-hybridized carbons (Fsp3) is 1.00. The van der Waals surface area contributed by atoms with Crippen molar-refractivity contribution in [2.24, 2.45) is 0 Å². The van der Waals surface area contributed by atoms with E-state index < -0.39 is 0 Å². The van der Waals surface area contributed by atoms with E-state index in [0.717, 1.165) is 6.04 Å². The Kier molecular flexibility index (Phi) is 23.3. The molecule has 0 radical (unpaired) electrons. The number of halogens is 1. The van der Waals surface area contributed by atoms with Gasteiger partial charge in [-0.05, 0) is 53.5 Å². The van der Waals surface area contributed by atoms with Crippen LogP contribution in [-0.2, 0) is 0 Å². The Hall–Kier alpha value is 0.657. The minimum absolute atomic E-state index is 0. The second kappa shape index (κ2) is 21.6. The van der Waals surface area contributed by atoms with Crippen LogP contribution in [-0.4, -0.2) is 38.9 Å². The Morgan fingerprint density at radius 2 is 0.829 bits per heavy atom. The lowest BCUT2D eigenvalue weighted by atomic mass is 9.89. The first-order valence-electron chi connectivity index (χ1n) is 15.9. The topological polar surface area (TPSA) is 0 Å². The lowest BCUT2D eigenvalue weighted by Gasteiger charge is -2.55. The lowest BCUT2D eigenvalue weighted by Crippen LogP contribution is -3.00. The predicted molar refractivity (Wildman–Crippen MR) is 162 cm³/mol.